The summed E-state index contributed by atoms with van der Waals surface area (Å²) in [4.78, 5) is 35.6. The summed E-state index contributed by atoms with van der Waals surface area (Å²) in [5.41, 5.74) is 0.583. The second-order valence-corrected chi connectivity index (χ2v) is 6.06. The van der Waals surface area contributed by atoms with Crippen LogP contribution in [0.25, 0.3) is 0 Å². The maximum Gasteiger partial charge on any atom is 0.347 e. The lowest BCUT2D eigenvalue weighted by Crippen LogP contribution is -2.22. The summed E-state index contributed by atoms with van der Waals surface area (Å²) in [6.07, 6.45) is -0.605. The average molecular weight is 403 g/mol. The molecule has 0 aromatic heterocycles. The van der Waals surface area contributed by atoms with E-state index in [4.69, 9.17) is 18.9 Å². The van der Waals surface area contributed by atoms with Crippen molar-refractivity contribution in [3.05, 3.63) is 53.8 Å². The third-order valence-electron chi connectivity index (χ3n) is 4.02. The highest BCUT2D eigenvalue weighted by Crippen LogP contribution is 2.29. The molecule has 1 heterocycles. The van der Waals surface area contributed by atoms with Crippen molar-refractivity contribution in [2.24, 2.45) is 0 Å². The first kappa shape index (κ1) is 20.1. The number of benzene rings is 2. The monoisotopic (exact) mass is 403 g/mol. The van der Waals surface area contributed by atoms with Crippen molar-refractivity contribution >= 4 is 23.5 Å². The Labute approximate surface area is 165 Å². The number of anilines is 1. The van der Waals surface area contributed by atoms with E-state index in [-0.39, 0.29) is 30.3 Å². The normalized spacial score (nSPS) is 15.4. The van der Waals surface area contributed by atoms with Gasteiger partial charge >= 0.3 is 11.9 Å². The van der Waals surface area contributed by atoms with Crippen molar-refractivity contribution in [3.63, 3.8) is 0 Å². The van der Waals surface area contributed by atoms with Crippen molar-refractivity contribution in [3.8, 4) is 11.5 Å². The fourth-order valence-electron chi connectivity index (χ4n) is 2.57. The lowest BCUT2D eigenvalue weighted by atomic mass is 10.2. The molecule has 0 saturated carbocycles. The molecule has 0 spiro atoms. The number of carbonyl (C=O) groups is 3. The maximum absolute atomic E-state index is 12.9. The molecule has 9 heteroatoms. The second-order valence-electron chi connectivity index (χ2n) is 6.06. The lowest BCUT2D eigenvalue weighted by molar-refractivity contribution is -0.145. The smallest absolute Gasteiger partial charge is 0.347 e. The van der Waals surface area contributed by atoms with Crippen molar-refractivity contribution in [1.82, 2.24) is 0 Å². The van der Waals surface area contributed by atoms with Crippen LogP contribution in [0.2, 0.25) is 0 Å². The van der Waals surface area contributed by atoms with Gasteiger partial charge in [0.05, 0.1) is 19.3 Å². The minimum absolute atomic E-state index is 0.157. The fraction of sp³-hybridized carbons (Fsp3) is 0.250. The van der Waals surface area contributed by atoms with Gasteiger partial charge in [-0.1, -0.05) is 0 Å². The number of ether oxygens (including phenoxy) is 4. The Kier molecular flexibility index (Phi) is 6.28. The first-order valence-corrected chi connectivity index (χ1v) is 8.70. The molecule has 1 N–H and O–H groups in total. The predicted molar refractivity (Wildman–Crippen MR) is 98.3 cm³/mol. The highest BCUT2D eigenvalue weighted by Gasteiger charge is 2.30. The summed E-state index contributed by atoms with van der Waals surface area (Å²) < 4.78 is 33.4. The summed E-state index contributed by atoms with van der Waals surface area (Å²) in [5.74, 6) is -1.69. The van der Waals surface area contributed by atoms with Gasteiger partial charge in [-0.2, -0.15) is 0 Å². The zero-order valence-electron chi connectivity index (χ0n) is 15.5. The highest BCUT2D eigenvalue weighted by molar-refractivity contribution is 5.93. The number of nitrogens with one attached hydrogen (secondary N) is 1. The van der Waals surface area contributed by atoms with E-state index < -0.39 is 29.8 Å². The van der Waals surface area contributed by atoms with Gasteiger partial charge in [-0.05, 0) is 42.5 Å². The Morgan fingerprint density at radius 3 is 2.59 bits per heavy atom. The summed E-state index contributed by atoms with van der Waals surface area (Å²) in [5, 5.41) is 2.56. The number of hydrogen-bond donors (Lipinski definition) is 1. The van der Waals surface area contributed by atoms with Gasteiger partial charge in [-0.25, -0.2) is 14.0 Å². The first-order chi connectivity index (χ1) is 14.0. The number of amides is 1. The number of halogens is 1. The number of cyclic esters (lactones) is 1. The van der Waals surface area contributed by atoms with E-state index in [1.165, 1.54) is 49.6 Å². The largest absolute Gasteiger partial charge is 0.493 e. The van der Waals surface area contributed by atoms with E-state index in [0.29, 0.717) is 12.1 Å². The van der Waals surface area contributed by atoms with Gasteiger partial charge in [0.2, 0.25) is 6.10 Å². The molecule has 1 aliphatic rings. The zero-order chi connectivity index (χ0) is 20.8. The second kappa shape index (κ2) is 9.05. The van der Waals surface area contributed by atoms with Crippen molar-refractivity contribution in [1.29, 1.82) is 0 Å². The van der Waals surface area contributed by atoms with Crippen molar-refractivity contribution in [2.45, 2.75) is 12.5 Å². The van der Waals surface area contributed by atoms with Gasteiger partial charge in [0.25, 0.3) is 5.91 Å². The first-order valence-electron chi connectivity index (χ1n) is 8.70. The molecule has 1 fully saturated rings. The van der Waals surface area contributed by atoms with Crippen LogP contribution < -0.4 is 14.8 Å². The van der Waals surface area contributed by atoms with Crippen molar-refractivity contribution < 1.29 is 37.7 Å². The van der Waals surface area contributed by atoms with Gasteiger partial charge < -0.3 is 24.3 Å². The summed E-state index contributed by atoms with van der Waals surface area (Å²) in [6, 6.07) is 9.57. The van der Waals surface area contributed by atoms with E-state index in [0.717, 1.165) is 0 Å². The van der Waals surface area contributed by atoms with Gasteiger partial charge in [0, 0.05) is 12.1 Å². The average Bonchev–Trinajstić information content (AvgIpc) is 3.12. The molecular formula is C20H18FNO7. The Balaban J connectivity index is 1.59. The van der Waals surface area contributed by atoms with Crippen LogP contribution >= 0.6 is 0 Å². The minimum Gasteiger partial charge on any atom is -0.493 e. The summed E-state index contributed by atoms with van der Waals surface area (Å²) in [6.45, 7) is -0.113. The molecule has 1 saturated heterocycles. The number of hydrogen-bond acceptors (Lipinski definition) is 7. The van der Waals surface area contributed by atoms with Gasteiger partial charge in [0.15, 0.2) is 18.1 Å². The summed E-state index contributed by atoms with van der Waals surface area (Å²) >= 11 is 0. The third-order valence-corrected chi connectivity index (χ3v) is 4.02. The molecule has 1 amide bonds. The fourth-order valence-corrected chi connectivity index (χ4v) is 2.57. The minimum atomic E-state index is -0.917. The van der Waals surface area contributed by atoms with Gasteiger partial charge in [-0.15, -0.1) is 0 Å². The van der Waals surface area contributed by atoms with E-state index in [1.54, 1.807) is 0 Å². The molecular weight excluding hydrogens is 385 g/mol. The standard InChI is InChI=1S/C20H18FNO7/c1-26-17-10-12(19(24)29-16-8-9-27-20(16)25)2-7-15(17)28-11-18(23)22-14-5-3-13(21)4-6-14/h2-7,10,16H,8-9,11H2,1H3,(H,22,23)/t16-/m0/s1. The molecule has 2 aromatic rings. The molecule has 0 radical (unpaired) electrons. The van der Waals surface area contributed by atoms with Crippen LogP contribution in [0.5, 0.6) is 11.5 Å². The Bertz CT molecular complexity index is 914. The topological polar surface area (TPSA) is 100 Å². The van der Waals surface area contributed by atoms with E-state index >= 15 is 0 Å². The summed E-state index contributed by atoms with van der Waals surface area (Å²) in [7, 11) is 1.38. The Morgan fingerprint density at radius 2 is 1.93 bits per heavy atom. The Hall–Kier alpha value is -3.62. The van der Waals surface area contributed by atoms with Crippen LogP contribution in [0.15, 0.2) is 42.5 Å². The molecule has 0 bridgehead atoms. The molecule has 2 aromatic carbocycles. The van der Waals surface area contributed by atoms with Crippen molar-refractivity contribution in [2.75, 3.05) is 25.6 Å². The van der Waals surface area contributed by atoms with Crippen LogP contribution in [-0.4, -0.2) is 44.3 Å². The Morgan fingerprint density at radius 1 is 1.17 bits per heavy atom. The number of methoxy groups -OCH3 is 1. The third kappa shape index (κ3) is 5.22. The zero-order valence-corrected chi connectivity index (χ0v) is 15.5. The van der Waals surface area contributed by atoms with Crippen LogP contribution in [0, 0.1) is 5.82 Å². The molecule has 1 atom stereocenters. The number of esters is 2. The molecule has 29 heavy (non-hydrogen) atoms. The predicted octanol–water partition coefficient (Wildman–Crippen LogP) is 2.32. The number of rotatable bonds is 7. The molecule has 0 aliphatic carbocycles. The molecule has 3 rings (SSSR count). The van der Waals surface area contributed by atoms with Gasteiger partial charge in [-0.3, -0.25) is 4.79 Å². The number of carbonyl (C=O) groups excluding carboxylic acids is 3. The molecule has 8 nitrogen and oxygen atoms in total. The van der Waals surface area contributed by atoms with Crippen LogP contribution in [0.1, 0.15) is 16.8 Å². The van der Waals surface area contributed by atoms with Crippen LogP contribution in [0.3, 0.4) is 0 Å². The van der Waals surface area contributed by atoms with Crippen LogP contribution in [-0.2, 0) is 19.1 Å². The van der Waals surface area contributed by atoms with Crippen LogP contribution in [0.4, 0.5) is 10.1 Å². The molecule has 152 valence electrons. The molecule has 0 unspecified atom stereocenters. The van der Waals surface area contributed by atoms with E-state index in [2.05, 4.69) is 5.32 Å². The molecule has 1 aliphatic heterocycles. The lowest BCUT2D eigenvalue weighted by Gasteiger charge is -2.13. The van der Waals surface area contributed by atoms with E-state index in [9.17, 15) is 18.8 Å². The van der Waals surface area contributed by atoms with Gasteiger partial charge in [0.1, 0.15) is 5.82 Å². The maximum atomic E-state index is 12.9. The van der Waals surface area contributed by atoms with E-state index in [1.807, 2.05) is 0 Å². The SMILES string of the molecule is COc1cc(C(=O)O[C@H]2CCOC2=O)ccc1OCC(=O)Nc1ccc(F)cc1. The quantitative estimate of drug-likeness (QED) is 0.708. The highest BCUT2D eigenvalue weighted by atomic mass is 19.1.